The van der Waals surface area contributed by atoms with Crippen LogP contribution in [0.15, 0.2) is 12.1 Å². The molecule has 0 aliphatic rings. The Balaban J connectivity index is 2.04. The van der Waals surface area contributed by atoms with E-state index in [9.17, 15) is 4.79 Å². The van der Waals surface area contributed by atoms with Gasteiger partial charge in [-0.25, -0.2) is 4.79 Å². The fourth-order valence-electron chi connectivity index (χ4n) is 0.866. The lowest BCUT2D eigenvalue weighted by Crippen LogP contribution is -2.27. The predicted octanol–water partition coefficient (Wildman–Crippen LogP) is 1.94. The maximum atomic E-state index is 10.8. The van der Waals surface area contributed by atoms with Crippen LogP contribution in [0.4, 0.5) is 4.79 Å². The zero-order valence-electron chi connectivity index (χ0n) is 9.27. The average Bonchev–Trinajstić information content (AvgIpc) is 2.35. The van der Waals surface area contributed by atoms with E-state index in [-0.39, 0.29) is 6.03 Å². The van der Waals surface area contributed by atoms with E-state index in [1.807, 2.05) is 6.07 Å². The Bertz CT molecular complexity index is 349. The van der Waals surface area contributed by atoms with Gasteiger partial charge in [0, 0.05) is 24.3 Å². The number of aromatic nitrogens is 2. The molecule has 5 nitrogen and oxygen atoms in total. The number of urea groups is 1. The van der Waals surface area contributed by atoms with Gasteiger partial charge in [0.1, 0.15) is 0 Å². The van der Waals surface area contributed by atoms with Gasteiger partial charge < -0.3 is 5.32 Å². The normalized spacial score (nSPS) is 10.0. The zero-order valence-corrected chi connectivity index (χ0v) is 11.7. The highest BCUT2D eigenvalue weighted by atomic mass is 35.5. The van der Waals surface area contributed by atoms with Gasteiger partial charge in [-0.2, -0.15) is 16.9 Å². The predicted molar refractivity (Wildman–Crippen MR) is 73.3 cm³/mol. The molecule has 0 radical (unpaired) electrons. The van der Waals surface area contributed by atoms with Crippen molar-refractivity contribution in [2.24, 2.45) is 0 Å². The average molecular weight is 293 g/mol. The molecule has 0 unspecified atom stereocenters. The smallest absolute Gasteiger partial charge is 0.324 e. The topological polar surface area (TPSA) is 66.9 Å². The molecular weight excluding hydrogens is 280 g/mol. The van der Waals surface area contributed by atoms with Crippen LogP contribution in [0.1, 0.15) is 5.69 Å². The summed E-state index contributed by atoms with van der Waals surface area (Å²) in [6.45, 7) is 0. The van der Waals surface area contributed by atoms with Crippen molar-refractivity contribution in [1.82, 2.24) is 20.2 Å². The summed E-state index contributed by atoms with van der Waals surface area (Å²) in [6.07, 6.45) is 0. The number of nitrogens with one attached hydrogen (secondary N) is 2. The Morgan fingerprint density at radius 3 is 2.88 bits per heavy atom. The Labute approximate surface area is 114 Å². The van der Waals surface area contributed by atoms with E-state index in [0.29, 0.717) is 5.15 Å². The Morgan fingerprint density at radius 2 is 2.24 bits per heavy atom. The molecule has 0 fully saturated rings. The van der Waals surface area contributed by atoms with Crippen molar-refractivity contribution in [3.05, 3.63) is 23.0 Å². The highest BCUT2D eigenvalue weighted by Gasteiger charge is 1.98. The second kappa shape index (κ2) is 8.43. The Morgan fingerprint density at radius 1 is 1.41 bits per heavy atom. The van der Waals surface area contributed by atoms with Crippen LogP contribution in [0.2, 0.25) is 5.15 Å². The van der Waals surface area contributed by atoms with Crippen LogP contribution in [0.3, 0.4) is 0 Å². The van der Waals surface area contributed by atoms with Gasteiger partial charge >= 0.3 is 6.03 Å². The van der Waals surface area contributed by atoms with E-state index in [2.05, 4.69) is 20.2 Å². The van der Waals surface area contributed by atoms with Crippen LogP contribution in [0.5, 0.6) is 0 Å². The molecule has 17 heavy (non-hydrogen) atoms. The summed E-state index contributed by atoms with van der Waals surface area (Å²) in [4.78, 5) is 10.8. The van der Waals surface area contributed by atoms with Gasteiger partial charge in [0.15, 0.2) is 5.15 Å². The molecule has 0 spiro atoms. The first-order chi connectivity index (χ1) is 8.22. The number of halogens is 1. The number of amides is 2. The lowest BCUT2D eigenvalue weighted by Gasteiger charge is -2.03. The van der Waals surface area contributed by atoms with Crippen molar-refractivity contribution in [2.45, 2.75) is 5.75 Å². The second-order valence-corrected chi connectivity index (χ2v) is 5.32. The third-order valence-electron chi connectivity index (χ3n) is 1.66. The molecule has 94 valence electrons. The first kappa shape index (κ1) is 14.4. The Hall–Kier alpha value is -0.660. The minimum Gasteiger partial charge on any atom is -0.341 e. The molecule has 1 rings (SSSR count). The van der Waals surface area contributed by atoms with E-state index in [0.717, 1.165) is 23.0 Å². The minimum absolute atomic E-state index is 0.177. The molecule has 1 aromatic heterocycles. The summed E-state index contributed by atoms with van der Waals surface area (Å²) in [5, 5.41) is 10.6. The van der Waals surface area contributed by atoms with E-state index in [1.165, 1.54) is 11.9 Å². The molecule has 0 saturated heterocycles. The van der Waals surface area contributed by atoms with Crippen molar-refractivity contribution in [2.75, 3.05) is 18.6 Å². The molecule has 2 N–H and O–H groups in total. The third kappa shape index (κ3) is 6.60. The van der Waals surface area contributed by atoms with Crippen molar-refractivity contribution in [3.8, 4) is 0 Å². The number of thioether (sulfide) groups is 1. The lowest BCUT2D eigenvalue weighted by atomic mass is 10.4. The molecule has 0 aliphatic heterocycles. The molecule has 1 aromatic rings. The van der Waals surface area contributed by atoms with E-state index >= 15 is 0 Å². The minimum atomic E-state index is -0.177. The molecule has 0 bridgehead atoms. The summed E-state index contributed by atoms with van der Waals surface area (Å²) >= 11 is 8.74. The number of carbonyl (C=O) groups is 1. The van der Waals surface area contributed by atoms with Crippen LogP contribution in [0, 0.1) is 0 Å². The van der Waals surface area contributed by atoms with Crippen LogP contribution >= 0.6 is 35.3 Å². The van der Waals surface area contributed by atoms with Crippen molar-refractivity contribution in [3.63, 3.8) is 0 Å². The SMILES string of the molecule is CNC(=O)NSCCSCc1ccc(Cl)nn1. The van der Waals surface area contributed by atoms with Crippen molar-refractivity contribution < 1.29 is 4.79 Å². The fourth-order valence-corrected chi connectivity index (χ4v) is 2.61. The van der Waals surface area contributed by atoms with E-state index in [4.69, 9.17) is 11.6 Å². The molecule has 2 amide bonds. The molecule has 0 aromatic carbocycles. The number of rotatable bonds is 6. The van der Waals surface area contributed by atoms with Gasteiger partial charge in [0.25, 0.3) is 0 Å². The first-order valence-electron chi connectivity index (χ1n) is 4.87. The van der Waals surface area contributed by atoms with E-state index in [1.54, 1.807) is 24.9 Å². The zero-order chi connectivity index (χ0) is 12.5. The standard InChI is InChI=1S/C9H13ClN4OS2/c1-11-9(15)14-17-5-4-16-6-7-2-3-8(10)13-12-7/h2-3H,4-6H2,1H3,(H2,11,14,15). The summed E-state index contributed by atoms with van der Waals surface area (Å²) in [6, 6.07) is 3.41. The monoisotopic (exact) mass is 292 g/mol. The van der Waals surface area contributed by atoms with Crippen LogP contribution < -0.4 is 10.0 Å². The molecule has 1 heterocycles. The van der Waals surface area contributed by atoms with Crippen LogP contribution in [0.25, 0.3) is 0 Å². The molecule has 0 saturated carbocycles. The van der Waals surface area contributed by atoms with Crippen molar-refractivity contribution in [1.29, 1.82) is 0 Å². The van der Waals surface area contributed by atoms with Crippen LogP contribution in [-0.4, -0.2) is 34.8 Å². The Kier molecular flexibility index (Phi) is 7.14. The van der Waals surface area contributed by atoms with Gasteiger partial charge in [-0.05, 0) is 24.1 Å². The van der Waals surface area contributed by atoms with Gasteiger partial charge in [-0.1, -0.05) is 11.6 Å². The first-order valence-corrected chi connectivity index (χ1v) is 7.39. The fraction of sp³-hybridized carbons (Fsp3) is 0.444. The number of carbonyl (C=O) groups excluding carboxylic acids is 1. The lowest BCUT2D eigenvalue weighted by molar-refractivity contribution is 0.248. The summed E-state index contributed by atoms with van der Waals surface area (Å²) in [7, 11) is 1.59. The highest BCUT2D eigenvalue weighted by Crippen LogP contribution is 2.12. The van der Waals surface area contributed by atoms with Gasteiger partial charge in [-0.3, -0.25) is 4.72 Å². The maximum absolute atomic E-state index is 10.8. The molecule has 0 atom stereocenters. The van der Waals surface area contributed by atoms with Gasteiger partial charge in [0.2, 0.25) is 0 Å². The van der Waals surface area contributed by atoms with Crippen molar-refractivity contribution >= 4 is 41.3 Å². The molecular formula is C9H13ClN4OS2. The van der Waals surface area contributed by atoms with Gasteiger partial charge in [-0.15, -0.1) is 5.10 Å². The largest absolute Gasteiger partial charge is 0.341 e. The molecule has 0 aliphatic carbocycles. The van der Waals surface area contributed by atoms with E-state index < -0.39 is 0 Å². The summed E-state index contributed by atoms with van der Waals surface area (Å²) in [5.41, 5.74) is 0.906. The number of nitrogens with zero attached hydrogens (tertiary/aromatic N) is 2. The third-order valence-corrected chi connectivity index (χ3v) is 3.85. The molecule has 8 heteroatoms. The van der Waals surface area contributed by atoms with Gasteiger partial charge in [0.05, 0.1) is 5.69 Å². The maximum Gasteiger partial charge on any atom is 0.324 e. The van der Waals surface area contributed by atoms with Crippen LogP contribution in [-0.2, 0) is 5.75 Å². The summed E-state index contributed by atoms with van der Waals surface area (Å²) < 4.78 is 2.65. The second-order valence-electron chi connectivity index (χ2n) is 2.93. The number of hydrogen-bond acceptors (Lipinski definition) is 5. The summed E-state index contributed by atoms with van der Waals surface area (Å²) in [5.74, 6) is 2.57. The quantitative estimate of drug-likeness (QED) is 0.619. The number of hydrogen-bond donors (Lipinski definition) is 2. The highest BCUT2D eigenvalue weighted by molar-refractivity contribution is 8.01.